The molecule has 1 aromatic carbocycles. The van der Waals surface area contributed by atoms with Gasteiger partial charge in [-0.3, -0.25) is 0 Å². The summed E-state index contributed by atoms with van der Waals surface area (Å²) in [6, 6.07) is 6.64. The number of carboxylic acid groups (broad SMARTS) is 1. The Bertz CT molecular complexity index is 401. The maximum absolute atomic E-state index is 10.8. The van der Waals surface area contributed by atoms with Gasteiger partial charge in [0.1, 0.15) is 0 Å². The second kappa shape index (κ2) is 5.32. The highest BCUT2D eigenvalue weighted by atomic mass is 16.4. The zero-order chi connectivity index (χ0) is 12.1. The van der Waals surface area contributed by atoms with Crippen molar-refractivity contribution in [1.82, 2.24) is 0 Å². The Morgan fingerprint density at radius 3 is 2.75 bits per heavy atom. The summed E-state index contributed by atoms with van der Waals surface area (Å²) < 4.78 is 0. The van der Waals surface area contributed by atoms with E-state index in [9.17, 15) is 4.79 Å². The smallest absolute Gasteiger partial charge is 0.335 e. The summed E-state index contributed by atoms with van der Waals surface area (Å²) in [5.41, 5.74) is 1.72. The summed E-state index contributed by atoms with van der Waals surface area (Å²) in [4.78, 5) is 12.6. The second-order valence-corrected chi connectivity index (χ2v) is 3.62. The first kappa shape index (κ1) is 12.3. The van der Waals surface area contributed by atoms with Crippen LogP contribution in [-0.2, 0) is 0 Å². The lowest BCUT2D eigenvalue weighted by Gasteiger charge is -2.20. The Labute approximate surface area is 94.4 Å². The molecule has 0 aliphatic heterocycles. The number of anilines is 1. The molecule has 0 radical (unpaired) electrons. The van der Waals surface area contributed by atoms with Crippen molar-refractivity contribution < 1.29 is 15.0 Å². The highest BCUT2D eigenvalue weighted by Crippen LogP contribution is 2.15. The van der Waals surface area contributed by atoms with Gasteiger partial charge in [0, 0.05) is 19.3 Å². The van der Waals surface area contributed by atoms with E-state index in [1.807, 2.05) is 18.0 Å². The van der Waals surface area contributed by atoms with Crippen molar-refractivity contribution in [1.29, 1.82) is 0 Å². The topological polar surface area (TPSA) is 60.8 Å². The molecule has 0 atom stereocenters. The van der Waals surface area contributed by atoms with E-state index >= 15 is 0 Å². The van der Waals surface area contributed by atoms with Crippen LogP contribution >= 0.6 is 0 Å². The van der Waals surface area contributed by atoms with Crippen molar-refractivity contribution in [2.45, 2.75) is 0 Å². The lowest BCUT2D eigenvalue weighted by Crippen LogP contribution is -2.21. The molecule has 0 aliphatic carbocycles. The number of hydrogen-bond donors (Lipinski definition) is 2. The summed E-state index contributed by atoms with van der Waals surface area (Å²) in [6.07, 6.45) is 0. The highest BCUT2D eigenvalue weighted by Gasteiger charge is 2.06. The lowest BCUT2D eigenvalue weighted by molar-refractivity contribution is 0.0697. The molecule has 0 saturated carbocycles. The number of carbonyl (C=O) groups is 1. The van der Waals surface area contributed by atoms with Gasteiger partial charge in [-0.15, -0.1) is 0 Å². The molecule has 0 heterocycles. The van der Waals surface area contributed by atoms with E-state index in [2.05, 4.69) is 6.58 Å². The average molecular weight is 221 g/mol. The molecule has 0 unspecified atom stereocenters. The predicted octanol–water partition coefficient (Wildman–Crippen LogP) is 1.37. The summed E-state index contributed by atoms with van der Waals surface area (Å²) >= 11 is 0. The highest BCUT2D eigenvalue weighted by molar-refractivity contribution is 5.88. The summed E-state index contributed by atoms with van der Waals surface area (Å²) in [7, 11) is 1.82. The number of aliphatic hydroxyl groups is 1. The largest absolute Gasteiger partial charge is 0.478 e. The molecule has 4 nitrogen and oxygen atoms in total. The van der Waals surface area contributed by atoms with E-state index in [-0.39, 0.29) is 12.2 Å². The Morgan fingerprint density at radius 2 is 2.19 bits per heavy atom. The zero-order valence-electron chi connectivity index (χ0n) is 9.18. The number of aromatic carboxylic acids is 1. The van der Waals surface area contributed by atoms with Crippen molar-refractivity contribution in [2.24, 2.45) is 0 Å². The normalized spacial score (nSPS) is 9.88. The first-order chi connectivity index (χ1) is 7.54. The third kappa shape index (κ3) is 3.10. The van der Waals surface area contributed by atoms with Crippen LogP contribution in [0.4, 0.5) is 5.69 Å². The van der Waals surface area contributed by atoms with Crippen LogP contribution < -0.4 is 4.90 Å². The van der Waals surface area contributed by atoms with Gasteiger partial charge >= 0.3 is 5.97 Å². The molecule has 4 heteroatoms. The molecule has 1 rings (SSSR count). The van der Waals surface area contributed by atoms with Crippen LogP contribution in [-0.4, -0.2) is 36.4 Å². The van der Waals surface area contributed by atoms with Crippen molar-refractivity contribution in [3.63, 3.8) is 0 Å². The van der Waals surface area contributed by atoms with Crippen molar-refractivity contribution >= 4 is 11.7 Å². The van der Waals surface area contributed by atoms with Gasteiger partial charge in [-0.2, -0.15) is 0 Å². The maximum Gasteiger partial charge on any atom is 0.335 e. The monoisotopic (exact) mass is 221 g/mol. The maximum atomic E-state index is 10.8. The fourth-order valence-corrected chi connectivity index (χ4v) is 1.35. The molecular weight excluding hydrogens is 206 g/mol. The van der Waals surface area contributed by atoms with Gasteiger partial charge in [-0.25, -0.2) is 4.79 Å². The van der Waals surface area contributed by atoms with Crippen LogP contribution in [0.15, 0.2) is 36.4 Å². The lowest BCUT2D eigenvalue weighted by atomic mass is 10.2. The molecule has 1 aromatic rings. The van der Waals surface area contributed by atoms with Gasteiger partial charge < -0.3 is 15.1 Å². The van der Waals surface area contributed by atoms with Crippen molar-refractivity contribution in [3.05, 3.63) is 42.0 Å². The van der Waals surface area contributed by atoms with E-state index < -0.39 is 5.97 Å². The van der Waals surface area contributed by atoms with E-state index in [4.69, 9.17) is 10.2 Å². The van der Waals surface area contributed by atoms with Gasteiger partial charge in [0.2, 0.25) is 0 Å². The quantitative estimate of drug-likeness (QED) is 0.737. The van der Waals surface area contributed by atoms with Crippen LogP contribution in [0.2, 0.25) is 0 Å². The Morgan fingerprint density at radius 1 is 1.50 bits per heavy atom. The first-order valence-electron chi connectivity index (χ1n) is 4.86. The number of likely N-dealkylation sites (N-methyl/N-ethyl adjacent to an activating group) is 1. The van der Waals surface area contributed by atoms with Crippen LogP contribution in [0.25, 0.3) is 0 Å². The SMILES string of the molecule is C=C(CO)CN(C)c1cccc(C(=O)O)c1. The van der Waals surface area contributed by atoms with E-state index in [1.54, 1.807) is 18.2 Å². The number of aliphatic hydroxyl groups excluding tert-OH is 1. The fraction of sp³-hybridized carbons (Fsp3) is 0.250. The van der Waals surface area contributed by atoms with E-state index in [0.717, 1.165) is 5.69 Å². The molecule has 0 aliphatic rings. The molecule has 86 valence electrons. The molecular formula is C12H15NO3. The second-order valence-electron chi connectivity index (χ2n) is 3.62. The molecule has 0 saturated heterocycles. The van der Waals surface area contributed by atoms with Gasteiger partial charge in [0.05, 0.1) is 12.2 Å². The summed E-state index contributed by atoms with van der Waals surface area (Å²) in [5.74, 6) is -0.948. The van der Waals surface area contributed by atoms with Crippen molar-refractivity contribution in [3.8, 4) is 0 Å². The van der Waals surface area contributed by atoms with E-state index in [0.29, 0.717) is 12.1 Å². The predicted molar refractivity (Wildman–Crippen MR) is 62.9 cm³/mol. The molecule has 0 fully saturated rings. The molecule has 0 spiro atoms. The third-order valence-corrected chi connectivity index (χ3v) is 2.22. The summed E-state index contributed by atoms with van der Waals surface area (Å²) in [6.45, 7) is 4.12. The molecule has 0 amide bonds. The van der Waals surface area contributed by atoms with Gasteiger partial charge in [-0.1, -0.05) is 12.6 Å². The van der Waals surface area contributed by atoms with Gasteiger partial charge in [0.25, 0.3) is 0 Å². The molecule has 16 heavy (non-hydrogen) atoms. The van der Waals surface area contributed by atoms with Crippen LogP contribution in [0.3, 0.4) is 0 Å². The minimum Gasteiger partial charge on any atom is -0.478 e. The first-order valence-corrected chi connectivity index (χ1v) is 4.86. The molecule has 2 N–H and O–H groups in total. The molecule has 0 bridgehead atoms. The summed E-state index contributed by atoms with van der Waals surface area (Å²) in [5, 5.41) is 17.7. The van der Waals surface area contributed by atoms with Crippen LogP contribution in [0, 0.1) is 0 Å². The van der Waals surface area contributed by atoms with Gasteiger partial charge in [0.15, 0.2) is 0 Å². The fourth-order valence-electron chi connectivity index (χ4n) is 1.35. The number of benzene rings is 1. The van der Waals surface area contributed by atoms with Crippen LogP contribution in [0.5, 0.6) is 0 Å². The Kier molecular flexibility index (Phi) is 4.08. The van der Waals surface area contributed by atoms with Crippen LogP contribution in [0.1, 0.15) is 10.4 Å². The minimum absolute atomic E-state index is 0.0665. The van der Waals surface area contributed by atoms with Gasteiger partial charge in [-0.05, 0) is 23.8 Å². The van der Waals surface area contributed by atoms with E-state index in [1.165, 1.54) is 0 Å². The number of hydrogen-bond acceptors (Lipinski definition) is 3. The zero-order valence-corrected chi connectivity index (χ0v) is 9.18. The third-order valence-electron chi connectivity index (χ3n) is 2.22. The standard InChI is InChI=1S/C12H15NO3/c1-9(8-14)7-13(2)11-5-3-4-10(6-11)12(15)16/h3-6,14H,1,7-8H2,2H3,(H,15,16). The molecule has 0 aromatic heterocycles. The average Bonchev–Trinajstić information content (AvgIpc) is 2.28. The van der Waals surface area contributed by atoms with Crippen molar-refractivity contribution in [2.75, 3.05) is 25.1 Å². The number of nitrogens with zero attached hydrogens (tertiary/aromatic N) is 1. The Balaban J connectivity index is 2.83. The Hall–Kier alpha value is -1.81. The minimum atomic E-state index is -0.948. The number of carboxylic acids is 1. The number of rotatable bonds is 5.